The molecule has 0 N–H and O–H groups in total. The molecule has 0 aliphatic carbocycles. The minimum atomic E-state index is -3.50. The lowest BCUT2D eigenvalue weighted by Crippen LogP contribution is -2.39. The van der Waals surface area contributed by atoms with E-state index in [0.29, 0.717) is 6.54 Å². The summed E-state index contributed by atoms with van der Waals surface area (Å²) in [5, 5.41) is 0. The highest BCUT2D eigenvalue weighted by molar-refractivity contribution is 7.89. The molecule has 1 unspecified atom stereocenters. The lowest BCUT2D eigenvalue weighted by atomic mass is 10.1. The van der Waals surface area contributed by atoms with Gasteiger partial charge in [0.1, 0.15) is 5.82 Å². The first kappa shape index (κ1) is 14.5. The second-order valence-electron chi connectivity index (χ2n) is 4.98. The smallest absolute Gasteiger partial charge is 0.207 e. The van der Waals surface area contributed by atoms with Crippen molar-refractivity contribution < 1.29 is 12.8 Å². The normalized spacial score (nSPS) is 22.1. The van der Waals surface area contributed by atoms with E-state index in [1.54, 1.807) is 4.31 Å². The molecular weight excluding hydrogens is 265 g/mol. The van der Waals surface area contributed by atoms with Crippen molar-refractivity contribution in [2.24, 2.45) is 0 Å². The van der Waals surface area contributed by atoms with E-state index in [2.05, 4.69) is 0 Å². The molecule has 3 nitrogen and oxygen atoms in total. The number of halogens is 1. The number of rotatable bonds is 3. The van der Waals surface area contributed by atoms with Gasteiger partial charge in [-0.05, 0) is 43.5 Å². The second-order valence-corrected chi connectivity index (χ2v) is 6.87. The highest BCUT2D eigenvalue weighted by Crippen LogP contribution is 2.26. The number of hydrogen-bond acceptors (Lipinski definition) is 2. The summed E-state index contributed by atoms with van der Waals surface area (Å²) in [6, 6.07) is 5.17. The topological polar surface area (TPSA) is 37.4 Å². The highest BCUT2D eigenvalue weighted by Gasteiger charge is 2.31. The molecule has 0 amide bonds. The minimum absolute atomic E-state index is 0.0672. The lowest BCUT2D eigenvalue weighted by Gasteiger charge is -2.28. The molecule has 19 heavy (non-hydrogen) atoms. The first-order valence-electron chi connectivity index (χ1n) is 6.83. The fraction of sp³-hybridized carbons (Fsp3) is 0.571. The van der Waals surface area contributed by atoms with Gasteiger partial charge >= 0.3 is 0 Å². The Balaban J connectivity index is 2.33. The van der Waals surface area contributed by atoms with Crippen LogP contribution in [0.15, 0.2) is 29.2 Å². The van der Waals surface area contributed by atoms with E-state index in [-0.39, 0.29) is 10.9 Å². The maximum Gasteiger partial charge on any atom is 0.243 e. The third-order valence-corrected chi connectivity index (χ3v) is 5.68. The van der Waals surface area contributed by atoms with Crippen molar-refractivity contribution in [3.63, 3.8) is 0 Å². The van der Waals surface area contributed by atoms with Gasteiger partial charge < -0.3 is 0 Å². The third kappa shape index (κ3) is 3.15. The van der Waals surface area contributed by atoms with Crippen molar-refractivity contribution in [1.82, 2.24) is 4.31 Å². The molecule has 0 bridgehead atoms. The van der Waals surface area contributed by atoms with E-state index in [0.717, 1.165) is 32.1 Å². The Labute approximate surface area is 114 Å². The molecule has 2 rings (SSSR count). The maximum absolute atomic E-state index is 12.9. The van der Waals surface area contributed by atoms with E-state index in [1.807, 2.05) is 6.92 Å². The molecule has 1 saturated heterocycles. The Hall–Kier alpha value is -0.940. The quantitative estimate of drug-likeness (QED) is 0.855. The molecular formula is C14H20FNO2S. The van der Waals surface area contributed by atoms with Crippen LogP contribution < -0.4 is 0 Å². The van der Waals surface area contributed by atoms with E-state index in [1.165, 1.54) is 24.3 Å². The molecule has 1 fully saturated rings. The lowest BCUT2D eigenvalue weighted by molar-refractivity contribution is 0.315. The van der Waals surface area contributed by atoms with Crippen LogP contribution in [0, 0.1) is 5.82 Å². The molecule has 5 heteroatoms. The van der Waals surface area contributed by atoms with Crippen molar-refractivity contribution in [2.45, 2.75) is 50.0 Å². The van der Waals surface area contributed by atoms with Crippen molar-refractivity contribution in [1.29, 1.82) is 0 Å². The SMILES string of the molecule is CCC1CCCCCN1S(=O)(=O)c1ccc(F)cc1. The fourth-order valence-electron chi connectivity index (χ4n) is 2.62. The van der Waals surface area contributed by atoms with Crippen LogP contribution >= 0.6 is 0 Å². The summed E-state index contributed by atoms with van der Waals surface area (Å²) < 4.78 is 39.8. The summed E-state index contributed by atoms with van der Waals surface area (Å²) >= 11 is 0. The first-order valence-corrected chi connectivity index (χ1v) is 8.27. The van der Waals surface area contributed by atoms with E-state index in [9.17, 15) is 12.8 Å². The number of nitrogens with zero attached hydrogens (tertiary/aromatic N) is 1. The van der Waals surface area contributed by atoms with Crippen molar-refractivity contribution in [2.75, 3.05) is 6.54 Å². The second kappa shape index (κ2) is 6.01. The molecule has 1 atom stereocenters. The Kier molecular flexibility index (Phi) is 4.58. The van der Waals surface area contributed by atoms with Crippen molar-refractivity contribution in [3.8, 4) is 0 Å². The third-order valence-electron chi connectivity index (χ3n) is 3.71. The van der Waals surface area contributed by atoms with Crippen LogP contribution in [0.1, 0.15) is 39.0 Å². The zero-order valence-electron chi connectivity index (χ0n) is 11.2. The van der Waals surface area contributed by atoms with Crippen LogP contribution in [-0.2, 0) is 10.0 Å². The zero-order chi connectivity index (χ0) is 13.9. The molecule has 1 aromatic rings. The van der Waals surface area contributed by atoms with Crippen LogP contribution in [0.3, 0.4) is 0 Å². The van der Waals surface area contributed by atoms with E-state index < -0.39 is 15.8 Å². The van der Waals surface area contributed by atoms with Crippen LogP contribution in [0.4, 0.5) is 4.39 Å². The number of benzene rings is 1. The number of hydrogen-bond donors (Lipinski definition) is 0. The van der Waals surface area contributed by atoms with Crippen LogP contribution in [0.5, 0.6) is 0 Å². The summed E-state index contributed by atoms with van der Waals surface area (Å²) in [5.41, 5.74) is 0. The molecule has 1 heterocycles. The fourth-order valence-corrected chi connectivity index (χ4v) is 4.38. The van der Waals surface area contributed by atoms with Gasteiger partial charge in [-0.1, -0.05) is 19.8 Å². The maximum atomic E-state index is 12.9. The average Bonchev–Trinajstić information content (AvgIpc) is 2.64. The van der Waals surface area contributed by atoms with E-state index >= 15 is 0 Å². The standard InChI is InChI=1S/C14H20FNO2S/c1-2-13-6-4-3-5-11-16(13)19(17,18)14-9-7-12(15)8-10-14/h7-10,13H,2-6,11H2,1H3. The molecule has 0 aromatic heterocycles. The van der Waals surface area contributed by atoms with Gasteiger partial charge in [0.05, 0.1) is 4.90 Å². The molecule has 0 spiro atoms. The predicted molar refractivity (Wildman–Crippen MR) is 72.8 cm³/mol. The summed E-state index contributed by atoms with van der Waals surface area (Å²) in [4.78, 5) is 0.189. The Bertz CT molecular complexity index is 513. The Morgan fingerprint density at radius 3 is 2.53 bits per heavy atom. The van der Waals surface area contributed by atoms with Crippen molar-refractivity contribution >= 4 is 10.0 Å². The van der Waals surface area contributed by atoms with Gasteiger partial charge in [0.25, 0.3) is 0 Å². The van der Waals surface area contributed by atoms with Crippen LogP contribution in [-0.4, -0.2) is 25.3 Å². The molecule has 1 aliphatic rings. The van der Waals surface area contributed by atoms with Gasteiger partial charge in [0.15, 0.2) is 0 Å². The Morgan fingerprint density at radius 1 is 1.21 bits per heavy atom. The largest absolute Gasteiger partial charge is 0.243 e. The monoisotopic (exact) mass is 285 g/mol. The van der Waals surface area contributed by atoms with Gasteiger partial charge in [-0.2, -0.15) is 4.31 Å². The predicted octanol–water partition coefficient (Wildman–Crippen LogP) is 3.17. The summed E-state index contributed by atoms with van der Waals surface area (Å²) in [5.74, 6) is -0.415. The summed E-state index contributed by atoms with van der Waals surface area (Å²) in [7, 11) is -3.50. The molecule has 0 radical (unpaired) electrons. The number of sulfonamides is 1. The average molecular weight is 285 g/mol. The molecule has 0 saturated carbocycles. The van der Waals surface area contributed by atoms with Crippen LogP contribution in [0.2, 0.25) is 0 Å². The van der Waals surface area contributed by atoms with Crippen LogP contribution in [0.25, 0.3) is 0 Å². The molecule has 1 aliphatic heterocycles. The van der Waals surface area contributed by atoms with Gasteiger partial charge in [-0.15, -0.1) is 0 Å². The minimum Gasteiger partial charge on any atom is -0.207 e. The zero-order valence-corrected chi connectivity index (χ0v) is 12.0. The summed E-state index contributed by atoms with van der Waals surface area (Å²) in [6.07, 6.45) is 4.79. The Morgan fingerprint density at radius 2 is 1.89 bits per heavy atom. The first-order chi connectivity index (χ1) is 9.05. The van der Waals surface area contributed by atoms with Gasteiger partial charge in [0, 0.05) is 12.6 Å². The highest BCUT2D eigenvalue weighted by atomic mass is 32.2. The molecule has 1 aromatic carbocycles. The van der Waals surface area contributed by atoms with E-state index in [4.69, 9.17) is 0 Å². The van der Waals surface area contributed by atoms with Crippen molar-refractivity contribution in [3.05, 3.63) is 30.1 Å². The summed E-state index contributed by atoms with van der Waals surface area (Å²) in [6.45, 7) is 2.58. The van der Waals surface area contributed by atoms with Gasteiger partial charge in [0.2, 0.25) is 10.0 Å². The molecule has 106 valence electrons. The van der Waals surface area contributed by atoms with Gasteiger partial charge in [-0.3, -0.25) is 0 Å². The van der Waals surface area contributed by atoms with Gasteiger partial charge in [-0.25, -0.2) is 12.8 Å².